The van der Waals surface area contributed by atoms with Crippen LogP contribution in [0.5, 0.6) is 11.5 Å². The van der Waals surface area contributed by atoms with E-state index in [1.165, 1.54) is 36.4 Å². The number of hydrogen-bond donors (Lipinski definition) is 2. The maximum atomic E-state index is 10.9. The van der Waals surface area contributed by atoms with Gasteiger partial charge in [-0.3, -0.25) is 29.8 Å². The lowest BCUT2D eigenvalue weighted by Gasteiger charge is -2.33. The highest BCUT2D eigenvalue weighted by Gasteiger charge is 2.19. The Morgan fingerprint density at radius 1 is 0.625 bits per heavy atom. The second-order valence-electron chi connectivity index (χ2n) is 11.5. The topological polar surface area (TPSA) is 169 Å². The van der Waals surface area contributed by atoms with Crippen molar-refractivity contribution in [3.63, 3.8) is 0 Å². The van der Waals surface area contributed by atoms with E-state index in [9.17, 15) is 29.8 Å². The number of nitrogens with one attached hydrogen (secondary N) is 2. The predicted molar refractivity (Wildman–Crippen MR) is 224 cm³/mol. The van der Waals surface area contributed by atoms with Gasteiger partial charge in [0.15, 0.2) is 0 Å². The van der Waals surface area contributed by atoms with Crippen LogP contribution in [0, 0.1) is 20.2 Å². The minimum atomic E-state index is -0.501. The van der Waals surface area contributed by atoms with Gasteiger partial charge in [-0.25, -0.2) is 0 Å². The Labute approximate surface area is 352 Å². The molecule has 20 heteroatoms. The molecule has 0 spiro atoms. The number of nitrogens with zero attached hydrogens (tertiary/aromatic N) is 4. The summed E-state index contributed by atoms with van der Waals surface area (Å²) in [5.41, 5.74) is 1.62. The summed E-state index contributed by atoms with van der Waals surface area (Å²) in [5.74, 6) is 0.776. The Hall–Kier alpha value is -4.84. The number of nitro groups is 2. The van der Waals surface area contributed by atoms with E-state index in [-0.39, 0.29) is 33.5 Å². The molecule has 1 heterocycles. The first-order valence-electron chi connectivity index (χ1n) is 16.3. The van der Waals surface area contributed by atoms with Gasteiger partial charge in [0.2, 0.25) is 11.8 Å². The third-order valence-electron chi connectivity index (χ3n) is 7.49. The lowest BCUT2D eigenvalue weighted by molar-refractivity contribution is -0.385. The largest absolute Gasteiger partial charge is 0.432 e. The van der Waals surface area contributed by atoms with Crippen LogP contribution in [0.4, 0.5) is 11.4 Å². The van der Waals surface area contributed by atoms with Crippen LogP contribution in [0.25, 0.3) is 0 Å². The predicted octanol–water partition coefficient (Wildman–Crippen LogP) is 8.41. The second-order valence-corrected chi connectivity index (χ2v) is 13.9. The Balaban J connectivity index is 0.000000236. The van der Waals surface area contributed by atoms with Crippen LogP contribution in [-0.4, -0.2) is 68.0 Å². The zero-order valence-electron chi connectivity index (χ0n) is 29.7. The first kappa shape index (κ1) is 45.5. The van der Waals surface area contributed by atoms with Crippen LogP contribution in [0.1, 0.15) is 25.0 Å². The fourth-order valence-corrected chi connectivity index (χ4v) is 5.57. The molecule has 296 valence electrons. The zero-order valence-corrected chi connectivity index (χ0v) is 34.4. The van der Waals surface area contributed by atoms with Crippen molar-refractivity contribution in [2.24, 2.45) is 0 Å². The van der Waals surface area contributed by atoms with Crippen molar-refractivity contribution in [1.29, 1.82) is 0 Å². The van der Waals surface area contributed by atoms with E-state index in [2.05, 4.69) is 10.6 Å². The zero-order chi connectivity index (χ0) is 41.4. The summed E-state index contributed by atoms with van der Waals surface area (Å²) >= 11 is 33.6. The summed E-state index contributed by atoms with van der Waals surface area (Å²) in [6.45, 7) is 6.61. The lowest BCUT2D eigenvalue weighted by atomic mass is 10.2. The van der Waals surface area contributed by atoms with Gasteiger partial charge in [-0.1, -0.05) is 70.7 Å². The summed E-state index contributed by atoms with van der Waals surface area (Å²) in [5, 5.41) is 29.2. The van der Waals surface area contributed by atoms with Gasteiger partial charge in [0, 0.05) is 65.2 Å². The number of hydrogen-bond acceptors (Lipinski definition) is 10. The monoisotopic (exact) mass is 882 g/mol. The number of thiocarbonyl (C=S) groups is 2. The molecular formula is C36H34Cl4N6O8S2. The van der Waals surface area contributed by atoms with E-state index in [1.54, 1.807) is 72.2 Å². The summed E-state index contributed by atoms with van der Waals surface area (Å²) in [6, 6.07) is 22.0. The molecule has 5 rings (SSSR count). The van der Waals surface area contributed by atoms with Crippen LogP contribution in [0.2, 0.25) is 20.1 Å². The molecule has 14 nitrogen and oxygen atoms in total. The number of amides is 2. The number of rotatable bonds is 8. The van der Waals surface area contributed by atoms with Crippen molar-refractivity contribution in [3.05, 3.63) is 136 Å². The third kappa shape index (κ3) is 15.7. The second kappa shape index (κ2) is 22.6. The fraction of sp³-hybridized carbons (Fsp3) is 0.222. The van der Waals surface area contributed by atoms with Gasteiger partial charge >= 0.3 is 0 Å². The normalized spacial score (nSPS) is 11.8. The molecule has 1 fully saturated rings. The molecular weight excluding hydrogens is 850 g/mol. The van der Waals surface area contributed by atoms with E-state index in [4.69, 9.17) is 80.3 Å². The van der Waals surface area contributed by atoms with Crippen LogP contribution < -0.4 is 20.1 Å². The first-order valence-corrected chi connectivity index (χ1v) is 18.6. The van der Waals surface area contributed by atoms with Crippen molar-refractivity contribution >= 4 is 104 Å². The molecule has 1 aliphatic heterocycles. The molecule has 0 saturated carbocycles. The van der Waals surface area contributed by atoms with Crippen LogP contribution in [-0.2, 0) is 22.7 Å². The standard InChI is InChI=1S/2C14H10Cl2N2O3S.C8H14N2O2/c2*15-12-5-4-9(6-13(12)16)8-17-14(22)21-11-3-1-2-10(7-11)18(19)20;1-7(11)9-3-5-10(6-4-9)8(2)12/h2*1-7H,8H2,(H,17,22);3-6H2,1-2H3. The van der Waals surface area contributed by atoms with Gasteiger partial charge in [0.25, 0.3) is 21.7 Å². The number of carbonyl (C=O) groups is 2. The van der Waals surface area contributed by atoms with Gasteiger partial charge in [0.1, 0.15) is 11.5 Å². The minimum absolute atomic E-state index is 0.0650. The van der Waals surface area contributed by atoms with Crippen LogP contribution in [0.3, 0.4) is 0 Å². The quantitative estimate of drug-likeness (QED) is 0.0986. The number of piperazine rings is 1. The van der Waals surface area contributed by atoms with E-state index >= 15 is 0 Å². The Morgan fingerprint density at radius 3 is 1.29 bits per heavy atom. The average molecular weight is 885 g/mol. The highest BCUT2D eigenvalue weighted by atomic mass is 35.5. The molecule has 1 saturated heterocycles. The smallest absolute Gasteiger partial charge is 0.273 e. The highest BCUT2D eigenvalue weighted by molar-refractivity contribution is 7.80. The van der Waals surface area contributed by atoms with Crippen molar-refractivity contribution in [1.82, 2.24) is 20.4 Å². The summed E-state index contributed by atoms with van der Waals surface area (Å²) in [7, 11) is 0. The minimum Gasteiger partial charge on any atom is -0.432 e. The number of non-ortho nitro benzene ring substituents is 2. The summed E-state index contributed by atoms with van der Waals surface area (Å²) in [4.78, 5) is 45.7. The number of ether oxygens (including phenoxy) is 2. The first-order chi connectivity index (χ1) is 26.5. The molecule has 56 heavy (non-hydrogen) atoms. The highest BCUT2D eigenvalue weighted by Crippen LogP contribution is 2.24. The van der Waals surface area contributed by atoms with Crippen molar-refractivity contribution in [2.45, 2.75) is 26.9 Å². The molecule has 0 aromatic heterocycles. The maximum Gasteiger partial charge on any atom is 0.273 e. The van der Waals surface area contributed by atoms with Gasteiger partial charge < -0.3 is 29.9 Å². The van der Waals surface area contributed by atoms with E-state index < -0.39 is 9.85 Å². The molecule has 0 radical (unpaired) electrons. The number of carbonyl (C=O) groups excluding carboxylic acids is 2. The third-order valence-corrected chi connectivity index (χ3v) is 9.42. The van der Waals surface area contributed by atoms with Crippen molar-refractivity contribution < 1.29 is 28.9 Å². The Kier molecular flexibility index (Phi) is 18.4. The van der Waals surface area contributed by atoms with E-state index in [0.29, 0.717) is 70.9 Å². The van der Waals surface area contributed by atoms with Gasteiger partial charge in [-0.15, -0.1) is 0 Å². The Bertz CT molecular complexity index is 1930. The van der Waals surface area contributed by atoms with Crippen molar-refractivity contribution in [2.75, 3.05) is 26.2 Å². The molecule has 4 aromatic rings. The SMILES string of the molecule is CC(=O)N1CCN(C(C)=O)CC1.O=[N+]([O-])c1cccc(OC(=S)NCc2ccc(Cl)c(Cl)c2)c1.O=[N+]([O-])c1cccc(OC(=S)NCc2ccc(Cl)c(Cl)c2)c1. The van der Waals surface area contributed by atoms with Crippen LogP contribution >= 0.6 is 70.8 Å². The van der Waals surface area contributed by atoms with E-state index in [0.717, 1.165) is 11.1 Å². The van der Waals surface area contributed by atoms with E-state index in [1.807, 2.05) is 0 Å². The van der Waals surface area contributed by atoms with Crippen LogP contribution in [0.15, 0.2) is 84.9 Å². The summed E-state index contributed by atoms with van der Waals surface area (Å²) < 4.78 is 10.7. The molecule has 0 unspecified atom stereocenters. The van der Waals surface area contributed by atoms with Gasteiger partial charge in [-0.05, 0) is 72.0 Å². The maximum absolute atomic E-state index is 10.9. The van der Waals surface area contributed by atoms with Crippen molar-refractivity contribution in [3.8, 4) is 11.5 Å². The molecule has 0 bridgehead atoms. The lowest BCUT2D eigenvalue weighted by Crippen LogP contribution is -2.49. The molecule has 1 aliphatic rings. The summed E-state index contributed by atoms with van der Waals surface area (Å²) in [6.07, 6.45) is 0. The molecule has 2 amide bonds. The fourth-order valence-electron chi connectivity index (χ4n) is 4.59. The Morgan fingerprint density at radius 2 is 0.982 bits per heavy atom. The molecule has 2 N–H and O–H groups in total. The number of nitro benzene ring substituents is 2. The number of benzene rings is 4. The molecule has 4 aromatic carbocycles. The molecule has 0 aliphatic carbocycles. The van der Waals surface area contributed by atoms with Gasteiger partial charge in [0.05, 0.1) is 42.1 Å². The van der Waals surface area contributed by atoms with Gasteiger partial charge in [-0.2, -0.15) is 0 Å². The molecule has 0 atom stereocenters. The number of halogens is 4. The average Bonchev–Trinajstić information content (AvgIpc) is 3.16.